The van der Waals surface area contributed by atoms with Crippen LogP contribution in [0.4, 0.5) is 0 Å². The minimum Gasteiger partial charge on any atom is -0.508 e. The molecule has 43 heavy (non-hydrogen) atoms. The van der Waals surface area contributed by atoms with Crippen molar-refractivity contribution >= 4 is 18.9 Å². The molecule has 4 aromatic carbocycles. The summed E-state index contributed by atoms with van der Waals surface area (Å²) in [6.07, 6.45) is 7.35. The quantitative estimate of drug-likeness (QED) is 0.183. The number of benzene rings is 4. The van der Waals surface area contributed by atoms with Crippen molar-refractivity contribution in [3.63, 3.8) is 0 Å². The van der Waals surface area contributed by atoms with Crippen LogP contribution >= 0.6 is 0 Å². The van der Waals surface area contributed by atoms with Gasteiger partial charge in [-0.25, -0.2) is 0 Å². The highest BCUT2D eigenvalue weighted by atomic mass is 16.3. The number of phenols is 1. The molecule has 0 saturated heterocycles. The van der Waals surface area contributed by atoms with Crippen LogP contribution in [0.2, 0.25) is 0 Å². The first-order valence-corrected chi connectivity index (χ1v) is 14.6. The van der Waals surface area contributed by atoms with Gasteiger partial charge in [0.25, 0.3) is 0 Å². The average molecular weight is 579 g/mol. The Labute approximate surface area is 258 Å². The Morgan fingerprint density at radius 2 is 1.23 bits per heavy atom. The van der Waals surface area contributed by atoms with E-state index in [4.69, 9.17) is 5.11 Å². The molecule has 0 spiro atoms. The Morgan fingerprint density at radius 3 is 1.63 bits per heavy atom. The first kappa shape index (κ1) is 36.5. The molecule has 0 aliphatic heterocycles. The highest BCUT2D eigenvalue weighted by Gasteiger charge is 2.33. The minimum absolute atomic E-state index is 0.125. The third-order valence-corrected chi connectivity index (χ3v) is 6.39. The third-order valence-electron chi connectivity index (χ3n) is 6.39. The fraction of sp³-hybridized carbons (Fsp3) is 0.256. The van der Waals surface area contributed by atoms with E-state index in [-0.39, 0.29) is 5.75 Å². The second-order valence-corrected chi connectivity index (χ2v) is 10.5. The van der Waals surface area contributed by atoms with Crippen molar-refractivity contribution in [2.75, 3.05) is 0 Å². The molecule has 4 nitrogen and oxygen atoms in total. The molecule has 4 aromatic rings. The summed E-state index contributed by atoms with van der Waals surface area (Å²) in [6, 6.07) is 31.0. The van der Waals surface area contributed by atoms with Crippen LogP contribution in [-0.4, -0.2) is 24.0 Å². The second kappa shape index (κ2) is 21.2. The maximum Gasteiger partial charge on any atom is 0.150 e. The van der Waals surface area contributed by atoms with Crippen molar-refractivity contribution in [1.82, 2.24) is 0 Å². The van der Waals surface area contributed by atoms with E-state index in [9.17, 15) is 14.4 Å². The Morgan fingerprint density at radius 1 is 0.744 bits per heavy atom. The lowest BCUT2D eigenvalue weighted by Gasteiger charge is -1.98. The van der Waals surface area contributed by atoms with E-state index in [1.807, 2.05) is 38.1 Å². The van der Waals surface area contributed by atoms with Crippen molar-refractivity contribution in [1.29, 1.82) is 0 Å². The average Bonchev–Trinajstić information content (AvgIpc) is 3.75. The molecule has 4 heteroatoms. The predicted octanol–water partition coefficient (Wildman–Crippen LogP) is 9.45. The van der Waals surface area contributed by atoms with Gasteiger partial charge in [-0.1, -0.05) is 115 Å². The molecule has 0 radical (unpaired) electrons. The van der Waals surface area contributed by atoms with Crippen LogP contribution < -0.4 is 0 Å². The summed E-state index contributed by atoms with van der Waals surface area (Å²) < 4.78 is 0. The molecule has 226 valence electrons. The van der Waals surface area contributed by atoms with Crippen LogP contribution in [-0.2, 0) is 11.2 Å². The summed E-state index contributed by atoms with van der Waals surface area (Å²) >= 11 is 0. The van der Waals surface area contributed by atoms with E-state index in [0.29, 0.717) is 18.3 Å². The molecule has 1 aliphatic carbocycles. The first-order chi connectivity index (χ1) is 20.7. The summed E-state index contributed by atoms with van der Waals surface area (Å²) in [5.41, 5.74) is 7.96. The number of carbonyl (C=O) groups excluding carboxylic acids is 3. The number of aldehydes is 3. The highest BCUT2D eigenvalue weighted by Crippen LogP contribution is 2.46. The summed E-state index contributed by atoms with van der Waals surface area (Å²) in [7, 11) is 0. The molecule has 1 saturated carbocycles. The summed E-state index contributed by atoms with van der Waals surface area (Å²) in [4.78, 5) is 29.4. The van der Waals surface area contributed by atoms with Crippen LogP contribution in [0.1, 0.15) is 81.1 Å². The van der Waals surface area contributed by atoms with E-state index in [1.165, 1.54) is 40.8 Å². The van der Waals surface area contributed by atoms with Crippen LogP contribution in [0.5, 0.6) is 5.75 Å². The predicted molar refractivity (Wildman–Crippen MR) is 179 cm³/mol. The van der Waals surface area contributed by atoms with Crippen LogP contribution in [0, 0.1) is 26.7 Å². The van der Waals surface area contributed by atoms with Crippen molar-refractivity contribution in [3.8, 4) is 5.75 Å². The van der Waals surface area contributed by atoms with E-state index in [0.717, 1.165) is 42.0 Å². The zero-order chi connectivity index (χ0) is 32.0. The molecule has 0 amide bonds. The third kappa shape index (κ3) is 16.5. The number of rotatable bonds is 6. The molecule has 1 aliphatic rings. The normalized spacial score (nSPS) is 13.8. The van der Waals surface area contributed by atoms with Crippen LogP contribution in [0.25, 0.3) is 0 Å². The number of aromatic hydroxyl groups is 1. The maximum atomic E-state index is 10.2. The standard InChI is InChI=1S/C11H14.C10H12.C8H8O.C7H6O2.C3H6O/c1-8-4-3-5-10(6-8)11-7-9(11)2;1-3-5-10-7-4-6-9(2)8-10;1-7-3-2-4-8(5-7)6-9;8-5-6-2-1-3-7(9)4-6;1-2-3-4/h3-6,9,11H,7H2,1-2H3;3-4,6-8H,1,5H2,2H3;2-6H,1H3;1-5,9H;3H,2H2,1H3/t9-,11?;;;;/m0..../s1. The lowest BCUT2D eigenvalue weighted by Crippen LogP contribution is -1.81. The minimum atomic E-state index is 0.125. The van der Waals surface area contributed by atoms with E-state index in [1.54, 1.807) is 18.2 Å². The molecular formula is C39H46O4. The summed E-state index contributed by atoms with van der Waals surface area (Å²) in [6.45, 7) is 14.1. The van der Waals surface area contributed by atoms with Crippen molar-refractivity contribution in [2.24, 2.45) is 5.92 Å². The van der Waals surface area contributed by atoms with Gasteiger partial charge >= 0.3 is 0 Å². The van der Waals surface area contributed by atoms with Crippen LogP contribution in [0.3, 0.4) is 0 Å². The van der Waals surface area contributed by atoms with Gasteiger partial charge in [-0.05, 0) is 74.8 Å². The number of hydrogen-bond donors (Lipinski definition) is 1. The second-order valence-electron chi connectivity index (χ2n) is 10.5. The molecule has 0 bridgehead atoms. The van der Waals surface area contributed by atoms with Gasteiger partial charge in [0.15, 0.2) is 0 Å². The van der Waals surface area contributed by atoms with Gasteiger partial charge in [0.2, 0.25) is 0 Å². The smallest absolute Gasteiger partial charge is 0.150 e. The van der Waals surface area contributed by atoms with Crippen LogP contribution in [0.15, 0.2) is 110 Å². The maximum absolute atomic E-state index is 10.2. The van der Waals surface area contributed by atoms with Crippen molar-refractivity contribution in [2.45, 2.75) is 59.8 Å². The fourth-order valence-electron chi connectivity index (χ4n) is 4.03. The van der Waals surface area contributed by atoms with Gasteiger partial charge in [-0.15, -0.1) is 6.58 Å². The van der Waals surface area contributed by atoms with E-state index < -0.39 is 0 Å². The van der Waals surface area contributed by atoms with Gasteiger partial charge in [0.05, 0.1) is 0 Å². The fourth-order valence-corrected chi connectivity index (χ4v) is 4.03. The topological polar surface area (TPSA) is 71.4 Å². The van der Waals surface area contributed by atoms with Gasteiger partial charge in [-0.3, -0.25) is 9.59 Å². The Bertz CT molecular complexity index is 1360. The van der Waals surface area contributed by atoms with E-state index in [2.05, 4.69) is 75.9 Å². The molecular weight excluding hydrogens is 532 g/mol. The van der Waals surface area contributed by atoms with E-state index >= 15 is 0 Å². The van der Waals surface area contributed by atoms with Gasteiger partial charge < -0.3 is 9.90 Å². The van der Waals surface area contributed by atoms with Gasteiger partial charge in [0, 0.05) is 17.5 Å². The summed E-state index contributed by atoms with van der Waals surface area (Å²) in [5, 5.41) is 8.79. The SMILES string of the molecule is C=CCc1cccc(C)c1.CCC=O.Cc1cccc(C2C[C@@H]2C)c1.Cc1cccc(C=O)c1.O=Cc1cccc(O)c1. The molecule has 1 fully saturated rings. The van der Waals surface area contributed by atoms with Crippen molar-refractivity contribution < 1.29 is 19.5 Å². The monoisotopic (exact) mass is 578 g/mol. The molecule has 0 heterocycles. The molecule has 1 unspecified atom stereocenters. The Kier molecular flexibility index (Phi) is 18.0. The lowest BCUT2D eigenvalue weighted by atomic mass is 10.1. The van der Waals surface area contributed by atoms with Gasteiger partial charge in [0.1, 0.15) is 24.6 Å². The highest BCUT2D eigenvalue weighted by molar-refractivity contribution is 5.75. The van der Waals surface area contributed by atoms with Crippen molar-refractivity contribution in [3.05, 3.63) is 149 Å². The first-order valence-electron chi connectivity index (χ1n) is 14.6. The number of hydrogen-bond acceptors (Lipinski definition) is 4. The number of aryl methyl sites for hydroxylation is 3. The molecule has 1 N–H and O–H groups in total. The largest absolute Gasteiger partial charge is 0.508 e. The zero-order valence-corrected chi connectivity index (χ0v) is 26.2. The number of phenolic OH excluding ortho intramolecular Hbond substituents is 1. The summed E-state index contributed by atoms with van der Waals surface area (Å²) in [5.74, 6) is 1.92. The molecule has 5 rings (SSSR count). The zero-order valence-electron chi connectivity index (χ0n) is 26.2. The van der Waals surface area contributed by atoms with Gasteiger partial charge in [-0.2, -0.15) is 0 Å². The molecule has 0 aromatic heterocycles. The molecule has 2 atom stereocenters. The number of carbonyl (C=O) groups is 3. The lowest BCUT2D eigenvalue weighted by molar-refractivity contribution is -0.107. The Balaban J connectivity index is 0.000000276. The Hall–Kier alpha value is -4.57. The number of allylic oxidation sites excluding steroid dienone is 1.